The van der Waals surface area contributed by atoms with Gasteiger partial charge in [-0.2, -0.15) is 0 Å². The molecule has 1 aliphatic carbocycles. The zero-order valence-electron chi connectivity index (χ0n) is 15.1. The van der Waals surface area contributed by atoms with Crippen LogP contribution in [0.1, 0.15) is 68.4 Å². The summed E-state index contributed by atoms with van der Waals surface area (Å²) >= 11 is 0. The van der Waals surface area contributed by atoms with Gasteiger partial charge in [-0.05, 0) is 50.3 Å². The summed E-state index contributed by atoms with van der Waals surface area (Å²) in [5, 5.41) is 8.25. The number of rotatable bonds is 5. The van der Waals surface area contributed by atoms with Crippen molar-refractivity contribution in [1.82, 2.24) is 10.2 Å². The van der Waals surface area contributed by atoms with Gasteiger partial charge in [-0.25, -0.2) is 8.42 Å². The molecule has 26 heavy (non-hydrogen) atoms. The number of aryl methyl sites for hydroxylation is 1. The monoisotopic (exact) mass is 376 g/mol. The Morgan fingerprint density at radius 2 is 2.00 bits per heavy atom. The van der Waals surface area contributed by atoms with Crippen molar-refractivity contribution in [2.75, 3.05) is 6.61 Å². The van der Waals surface area contributed by atoms with Gasteiger partial charge in [0.2, 0.25) is 11.8 Å². The fraction of sp³-hybridized carbons (Fsp3) is 0.579. The highest BCUT2D eigenvalue weighted by Gasteiger charge is 2.48. The van der Waals surface area contributed by atoms with Crippen LogP contribution in [0.5, 0.6) is 0 Å². The molecule has 1 aliphatic heterocycles. The van der Waals surface area contributed by atoms with Crippen molar-refractivity contribution in [3.05, 3.63) is 41.6 Å². The van der Waals surface area contributed by atoms with Crippen molar-refractivity contribution in [3.63, 3.8) is 0 Å². The maximum Gasteiger partial charge on any atom is 0.245 e. The van der Waals surface area contributed by atoms with Gasteiger partial charge < -0.3 is 9.15 Å². The van der Waals surface area contributed by atoms with Crippen LogP contribution in [0.4, 0.5) is 0 Å². The maximum atomic E-state index is 13.5. The third-order valence-electron chi connectivity index (χ3n) is 5.61. The van der Waals surface area contributed by atoms with E-state index in [-0.39, 0.29) is 0 Å². The number of aromatic nitrogens is 2. The smallest absolute Gasteiger partial charge is 0.245 e. The van der Waals surface area contributed by atoms with Gasteiger partial charge in [0.1, 0.15) is 6.10 Å². The summed E-state index contributed by atoms with van der Waals surface area (Å²) in [5.41, 5.74) is 0.937. The van der Waals surface area contributed by atoms with Crippen LogP contribution in [-0.2, 0) is 14.6 Å². The van der Waals surface area contributed by atoms with E-state index in [2.05, 4.69) is 10.2 Å². The van der Waals surface area contributed by atoms with E-state index in [9.17, 15) is 8.42 Å². The molecule has 4 rings (SSSR count). The van der Waals surface area contributed by atoms with Crippen LogP contribution < -0.4 is 0 Å². The van der Waals surface area contributed by atoms with E-state index in [1.807, 2.05) is 19.9 Å². The van der Waals surface area contributed by atoms with Crippen LogP contribution in [-0.4, -0.2) is 30.0 Å². The van der Waals surface area contributed by atoms with Crippen molar-refractivity contribution in [1.29, 1.82) is 0 Å². The summed E-state index contributed by atoms with van der Waals surface area (Å²) < 4.78 is 37.7. The summed E-state index contributed by atoms with van der Waals surface area (Å²) in [4.78, 5) is 0.379. The molecule has 2 unspecified atom stereocenters. The fourth-order valence-electron chi connectivity index (χ4n) is 3.70. The topological polar surface area (TPSA) is 82.3 Å². The molecular formula is C19H24N2O4S. The first kappa shape index (κ1) is 17.7. The highest BCUT2D eigenvalue weighted by Crippen LogP contribution is 2.45. The minimum atomic E-state index is -3.50. The summed E-state index contributed by atoms with van der Waals surface area (Å²) in [6.45, 7) is 4.20. The SMILES string of the molecule is CCC1(S(=O)(=O)c2cccc(C)c2)CCOC(c2nnc(C3CC3)o2)C1. The standard InChI is InChI=1S/C19H24N2O4S/c1-3-19(26(22,23)15-6-4-5-13(2)11-15)9-10-24-16(12-19)18-21-20-17(25-18)14-7-8-14/h4-6,11,14,16H,3,7-10,12H2,1-2H3. The zero-order valence-corrected chi connectivity index (χ0v) is 16.0. The molecule has 7 heteroatoms. The quantitative estimate of drug-likeness (QED) is 0.791. The van der Waals surface area contributed by atoms with Gasteiger partial charge in [-0.3, -0.25) is 0 Å². The molecule has 2 atom stereocenters. The van der Waals surface area contributed by atoms with Crippen molar-refractivity contribution >= 4 is 9.84 Å². The maximum absolute atomic E-state index is 13.5. The van der Waals surface area contributed by atoms with E-state index in [4.69, 9.17) is 9.15 Å². The summed E-state index contributed by atoms with van der Waals surface area (Å²) in [6.07, 6.45) is 3.02. The van der Waals surface area contributed by atoms with Crippen LogP contribution in [0, 0.1) is 6.92 Å². The lowest BCUT2D eigenvalue weighted by Crippen LogP contribution is -2.44. The molecule has 140 valence electrons. The number of ether oxygens (including phenoxy) is 1. The van der Waals surface area contributed by atoms with Crippen LogP contribution in [0.15, 0.2) is 33.6 Å². The van der Waals surface area contributed by atoms with E-state index in [0.29, 0.717) is 48.5 Å². The molecular weight excluding hydrogens is 352 g/mol. The van der Waals surface area contributed by atoms with Gasteiger partial charge in [0.25, 0.3) is 0 Å². The Morgan fingerprint density at radius 3 is 2.69 bits per heavy atom. The van der Waals surface area contributed by atoms with Crippen molar-refractivity contribution in [2.45, 2.75) is 67.6 Å². The Balaban J connectivity index is 1.65. The molecule has 1 saturated heterocycles. The van der Waals surface area contributed by atoms with Gasteiger partial charge in [0.15, 0.2) is 9.84 Å². The molecule has 2 heterocycles. The summed E-state index contributed by atoms with van der Waals surface area (Å²) in [5.74, 6) is 1.42. The molecule has 0 bridgehead atoms. The number of hydrogen-bond donors (Lipinski definition) is 0. The van der Waals surface area contributed by atoms with E-state index < -0.39 is 20.7 Å². The summed E-state index contributed by atoms with van der Waals surface area (Å²) in [7, 11) is -3.50. The molecule has 1 saturated carbocycles. The molecule has 2 fully saturated rings. The van der Waals surface area contributed by atoms with Crippen LogP contribution in [0.2, 0.25) is 0 Å². The molecule has 2 aromatic rings. The third kappa shape index (κ3) is 2.97. The Bertz CT molecular complexity index is 904. The van der Waals surface area contributed by atoms with Crippen LogP contribution in [0.25, 0.3) is 0 Å². The first-order valence-corrected chi connectivity index (χ1v) is 10.7. The van der Waals surface area contributed by atoms with Gasteiger partial charge in [0.05, 0.1) is 9.64 Å². The van der Waals surface area contributed by atoms with Gasteiger partial charge in [0, 0.05) is 18.9 Å². The minimum absolute atomic E-state index is 0.339. The van der Waals surface area contributed by atoms with Crippen molar-refractivity contribution < 1.29 is 17.6 Å². The first-order valence-electron chi connectivity index (χ1n) is 9.21. The highest BCUT2D eigenvalue weighted by molar-refractivity contribution is 7.92. The predicted molar refractivity (Wildman–Crippen MR) is 95.6 cm³/mol. The third-order valence-corrected chi connectivity index (χ3v) is 8.28. The van der Waals surface area contributed by atoms with Gasteiger partial charge in [-0.15, -0.1) is 10.2 Å². The minimum Gasteiger partial charge on any atom is -0.422 e. The highest BCUT2D eigenvalue weighted by atomic mass is 32.2. The Labute approximate surface area is 153 Å². The zero-order chi connectivity index (χ0) is 18.4. The lowest BCUT2D eigenvalue weighted by Gasteiger charge is -2.38. The predicted octanol–water partition coefficient (Wildman–Crippen LogP) is 3.73. The lowest BCUT2D eigenvalue weighted by atomic mass is 9.92. The number of sulfone groups is 1. The Morgan fingerprint density at radius 1 is 1.23 bits per heavy atom. The molecule has 1 aromatic carbocycles. The normalized spacial score (nSPS) is 26.8. The second kappa shape index (κ2) is 6.46. The second-order valence-electron chi connectivity index (χ2n) is 7.42. The van der Waals surface area contributed by atoms with E-state index in [1.54, 1.807) is 18.2 Å². The van der Waals surface area contributed by atoms with E-state index in [1.165, 1.54) is 0 Å². The van der Waals surface area contributed by atoms with Crippen molar-refractivity contribution in [3.8, 4) is 0 Å². The lowest BCUT2D eigenvalue weighted by molar-refractivity contribution is -0.0192. The summed E-state index contributed by atoms with van der Waals surface area (Å²) in [6, 6.07) is 7.13. The van der Waals surface area contributed by atoms with Crippen LogP contribution in [0.3, 0.4) is 0 Å². The molecule has 2 aliphatic rings. The average Bonchev–Trinajstić information content (AvgIpc) is 3.38. The molecule has 6 nitrogen and oxygen atoms in total. The van der Waals surface area contributed by atoms with E-state index in [0.717, 1.165) is 18.4 Å². The number of nitrogens with zero attached hydrogens (tertiary/aromatic N) is 2. The average molecular weight is 376 g/mol. The van der Waals surface area contributed by atoms with Gasteiger partial charge in [-0.1, -0.05) is 19.1 Å². The van der Waals surface area contributed by atoms with Gasteiger partial charge >= 0.3 is 0 Å². The molecule has 0 N–H and O–H groups in total. The number of hydrogen-bond acceptors (Lipinski definition) is 6. The number of benzene rings is 1. The molecule has 1 aromatic heterocycles. The van der Waals surface area contributed by atoms with E-state index >= 15 is 0 Å². The largest absolute Gasteiger partial charge is 0.422 e. The van der Waals surface area contributed by atoms with Crippen molar-refractivity contribution in [2.24, 2.45) is 0 Å². The molecule has 0 amide bonds. The Hall–Kier alpha value is -1.73. The Kier molecular flexibility index (Phi) is 4.39. The fourth-order valence-corrected chi connectivity index (χ4v) is 5.91. The van der Waals surface area contributed by atoms with Crippen LogP contribution >= 0.6 is 0 Å². The molecule has 0 spiro atoms. The first-order chi connectivity index (χ1) is 12.4. The second-order valence-corrected chi connectivity index (χ2v) is 9.77. The molecule has 0 radical (unpaired) electrons.